The van der Waals surface area contributed by atoms with Crippen molar-refractivity contribution in [3.05, 3.63) is 35.0 Å². The molecule has 0 bridgehead atoms. The molecule has 0 aliphatic carbocycles. The van der Waals surface area contributed by atoms with Gasteiger partial charge in [-0.25, -0.2) is 9.37 Å². The number of nitrogen functional groups attached to an aromatic ring is 1. The van der Waals surface area contributed by atoms with Crippen LogP contribution in [-0.4, -0.2) is 4.98 Å². The molecule has 0 fully saturated rings. The minimum atomic E-state index is -0.252. The van der Waals surface area contributed by atoms with Crippen molar-refractivity contribution in [1.82, 2.24) is 4.98 Å². The first-order valence-electron chi connectivity index (χ1n) is 4.72. The Labute approximate surface area is 91.6 Å². The third-order valence-electron chi connectivity index (χ3n) is 2.16. The average Bonchev–Trinajstić information content (AvgIpc) is 2.60. The molecule has 0 unspecified atom stereocenters. The summed E-state index contributed by atoms with van der Waals surface area (Å²) in [7, 11) is 0. The van der Waals surface area contributed by atoms with E-state index in [0.717, 1.165) is 11.3 Å². The second-order valence-electron chi connectivity index (χ2n) is 3.16. The summed E-state index contributed by atoms with van der Waals surface area (Å²) < 4.78 is 13.5. The van der Waals surface area contributed by atoms with Crippen LogP contribution in [0.1, 0.15) is 11.8 Å². The lowest BCUT2D eigenvalue weighted by Gasteiger charge is -2.00. The van der Waals surface area contributed by atoms with Crippen LogP contribution in [0.3, 0.4) is 0 Å². The van der Waals surface area contributed by atoms with Crippen LogP contribution in [0.4, 0.5) is 9.52 Å². The van der Waals surface area contributed by atoms with Crippen molar-refractivity contribution in [1.29, 1.82) is 0 Å². The lowest BCUT2D eigenvalue weighted by molar-refractivity contribution is 0.630. The fourth-order valence-electron chi connectivity index (χ4n) is 1.47. The summed E-state index contributed by atoms with van der Waals surface area (Å²) in [5.41, 5.74) is 6.84. The van der Waals surface area contributed by atoms with Gasteiger partial charge in [-0.3, -0.25) is 0 Å². The predicted octanol–water partition coefficient (Wildman–Crippen LogP) is 3.09. The molecule has 0 aliphatic rings. The highest BCUT2D eigenvalue weighted by Crippen LogP contribution is 2.31. The maximum absolute atomic E-state index is 13.5. The molecule has 1 aromatic carbocycles. The Morgan fingerprint density at radius 2 is 2.13 bits per heavy atom. The number of nitrogens with zero attached hydrogens (tertiary/aromatic N) is 1. The first-order valence-corrected chi connectivity index (χ1v) is 5.54. The van der Waals surface area contributed by atoms with Crippen LogP contribution in [0.2, 0.25) is 0 Å². The van der Waals surface area contributed by atoms with Crippen molar-refractivity contribution in [3.8, 4) is 11.3 Å². The molecule has 1 heterocycles. The number of anilines is 1. The maximum atomic E-state index is 13.5. The third-order valence-corrected chi connectivity index (χ3v) is 3.19. The normalized spacial score (nSPS) is 10.5. The van der Waals surface area contributed by atoms with E-state index in [2.05, 4.69) is 4.98 Å². The zero-order chi connectivity index (χ0) is 10.8. The van der Waals surface area contributed by atoms with Crippen molar-refractivity contribution >= 4 is 16.5 Å². The summed E-state index contributed by atoms with van der Waals surface area (Å²) in [6, 6.07) is 6.63. The van der Waals surface area contributed by atoms with E-state index in [4.69, 9.17) is 5.73 Å². The largest absolute Gasteiger partial charge is 0.375 e. The molecule has 15 heavy (non-hydrogen) atoms. The molecule has 2 aromatic rings. The van der Waals surface area contributed by atoms with Gasteiger partial charge in [-0.2, -0.15) is 0 Å². The SMILES string of the molecule is CCc1sc(N)nc1-c1ccccc1F. The predicted molar refractivity (Wildman–Crippen MR) is 61.3 cm³/mol. The lowest BCUT2D eigenvalue weighted by Crippen LogP contribution is -1.88. The standard InChI is InChI=1S/C11H11FN2S/c1-2-9-10(14-11(13)15-9)7-5-3-4-6-8(7)12/h3-6H,2H2,1H3,(H2,13,14). The van der Waals surface area contributed by atoms with E-state index in [9.17, 15) is 4.39 Å². The van der Waals surface area contributed by atoms with E-state index in [1.54, 1.807) is 18.2 Å². The number of nitrogens with two attached hydrogens (primary N) is 1. The van der Waals surface area contributed by atoms with Gasteiger partial charge in [0.05, 0.1) is 5.69 Å². The Morgan fingerprint density at radius 1 is 1.40 bits per heavy atom. The highest BCUT2D eigenvalue weighted by molar-refractivity contribution is 7.15. The highest BCUT2D eigenvalue weighted by atomic mass is 32.1. The van der Waals surface area contributed by atoms with Crippen molar-refractivity contribution in [2.24, 2.45) is 0 Å². The van der Waals surface area contributed by atoms with Crippen LogP contribution < -0.4 is 5.73 Å². The van der Waals surface area contributed by atoms with Crippen LogP contribution in [0.5, 0.6) is 0 Å². The monoisotopic (exact) mass is 222 g/mol. The maximum Gasteiger partial charge on any atom is 0.180 e. The van der Waals surface area contributed by atoms with Crippen LogP contribution in [-0.2, 0) is 6.42 Å². The van der Waals surface area contributed by atoms with Crippen molar-refractivity contribution in [3.63, 3.8) is 0 Å². The summed E-state index contributed by atoms with van der Waals surface area (Å²) in [6.45, 7) is 2.01. The lowest BCUT2D eigenvalue weighted by atomic mass is 10.1. The van der Waals surface area contributed by atoms with Gasteiger partial charge in [0.25, 0.3) is 0 Å². The van der Waals surface area contributed by atoms with Gasteiger partial charge in [-0.1, -0.05) is 19.1 Å². The highest BCUT2D eigenvalue weighted by Gasteiger charge is 2.13. The number of rotatable bonds is 2. The fraction of sp³-hybridized carbons (Fsp3) is 0.182. The van der Waals surface area contributed by atoms with E-state index in [0.29, 0.717) is 16.4 Å². The number of aryl methyl sites for hydroxylation is 1. The Bertz CT molecular complexity index is 479. The third kappa shape index (κ3) is 1.85. The van der Waals surface area contributed by atoms with Gasteiger partial charge in [-0.15, -0.1) is 11.3 Å². The molecule has 0 spiro atoms. The topological polar surface area (TPSA) is 38.9 Å². The van der Waals surface area contributed by atoms with E-state index in [-0.39, 0.29) is 5.82 Å². The molecule has 0 saturated heterocycles. The molecule has 2 rings (SSSR count). The number of hydrogen-bond donors (Lipinski definition) is 1. The van der Waals surface area contributed by atoms with E-state index >= 15 is 0 Å². The van der Waals surface area contributed by atoms with E-state index in [1.807, 2.05) is 6.92 Å². The summed E-state index contributed by atoms with van der Waals surface area (Å²) in [5, 5.41) is 0.491. The summed E-state index contributed by atoms with van der Waals surface area (Å²) in [5.74, 6) is -0.252. The molecule has 2 N–H and O–H groups in total. The van der Waals surface area contributed by atoms with E-state index in [1.165, 1.54) is 17.4 Å². The van der Waals surface area contributed by atoms with Gasteiger partial charge in [0, 0.05) is 10.4 Å². The molecule has 1 aromatic heterocycles. The quantitative estimate of drug-likeness (QED) is 0.848. The smallest absolute Gasteiger partial charge is 0.180 e. The van der Waals surface area contributed by atoms with Gasteiger partial charge in [0.1, 0.15) is 5.82 Å². The zero-order valence-corrected chi connectivity index (χ0v) is 9.14. The molecule has 0 amide bonds. The number of aromatic nitrogens is 1. The molecule has 0 radical (unpaired) electrons. The summed E-state index contributed by atoms with van der Waals surface area (Å²) in [6.07, 6.45) is 0.818. The zero-order valence-electron chi connectivity index (χ0n) is 8.33. The van der Waals surface area contributed by atoms with Crippen molar-refractivity contribution in [2.45, 2.75) is 13.3 Å². The van der Waals surface area contributed by atoms with Gasteiger partial charge >= 0.3 is 0 Å². The Morgan fingerprint density at radius 3 is 2.80 bits per heavy atom. The summed E-state index contributed by atoms with van der Waals surface area (Å²) in [4.78, 5) is 5.19. The Balaban J connectivity index is 2.58. The fourth-order valence-corrected chi connectivity index (χ4v) is 2.26. The molecule has 78 valence electrons. The second kappa shape index (κ2) is 3.98. The summed E-state index contributed by atoms with van der Waals surface area (Å²) >= 11 is 1.42. The van der Waals surface area contributed by atoms with Crippen molar-refractivity contribution < 1.29 is 4.39 Å². The number of benzene rings is 1. The number of halogens is 1. The van der Waals surface area contributed by atoms with Crippen LogP contribution in [0, 0.1) is 5.82 Å². The second-order valence-corrected chi connectivity index (χ2v) is 4.27. The number of hydrogen-bond acceptors (Lipinski definition) is 3. The molecule has 0 saturated carbocycles. The van der Waals surface area contributed by atoms with Gasteiger partial charge in [0.15, 0.2) is 5.13 Å². The van der Waals surface area contributed by atoms with Crippen LogP contribution in [0.25, 0.3) is 11.3 Å². The van der Waals surface area contributed by atoms with Crippen LogP contribution in [0.15, 0.2) is 24.3 Å². The van der Waals surface area contributed by atoms with E-state index < -0.39 is 0 Å². The minimum absolute atomic E-state index is 0.252. The first-order chi connectivity index (χ1) is 7.22. The molecule has 0 atom stereocenters. The molecule has 2 nitrogen and oxygen atoms in total. The van der Waals surface area contributed by atoms with Crippen LogP contribution >= 0.6 is 11.3 Å². The molecule has 0 aliphatic heterocycles. The van der Waals surface area contributed by atoms with Gasteiger partial charge < -0.3 is 5.73 Å². The average molecular weight is 222 g/mol. The van der Waals surface area contributed by atoms with Crippen molar-refractivity contribution in [2.75, 3.05) is 5.73 Å². The Kier molecular flexibility index (Phi) is 2.68. The van der Waals surface area contributed by atoms with Gasteiger partial charge in [0.2, 0.25) is 0 Å². The Hall–Kier alpha value is -1.42. The number of thiazole rings is 1. The van der Waals surface area contributed by atoms with Gasteiger partial charge in [-0.05, 0) is 18.6 Å². The molecule has 4 heteroatoms. The minimum Gasteiger partial charge on any atom is -0.375 e. The first kappa shape index (κ1) is 10.1. The molecular formula is C11H11FN2S. The molecular weight excluding hydrogens is 211 g/mol.